The van der Waals surface area contributed by atoms with Gasteiger partial charge in [0.05, 0.1) is 6.42 Å². The Bertz CT molecular complexity index is 631. The molecule has 1 aromatic carbocycles. The number of hydrogen-bond acceptors (Lipinski definition) is 2. The van der Waals surface area contributed by atoms with Gasteiger partial charge in [-0.25, -0.2) is 9.18 Å². The van der Waals surface area contributed by atoms with Crippen LogP contribution in [-0.4, -0.2) is 54.0 Å². The van der Waals surface area contributed by atoms with Gasteiger partial charge in [-0.1, -0.05) is 31.4 Å². The molecule has 1 aromatic rings. The summed E-state index contributed by atoms with van der Waals surface area (Å²) < 4.78 is 13.3. The minimum absolute atomic E-state index is 0.00340. The maximum absolute atomic E-state index is 13.3. The van der Waals surface area contributed by atoms with Crippen LogP contribution in [0.1, 0.15) is 44.1 Å². The van der Waals surface area contributed by atoms with E-state index in [4.69, 9.17) is 0 Å². The number of nitrogens with zero attached hydrogens (tertiary/aromatic N) is 2. The van der Waals surface area contributed by atoms with Crippen molar-refractivity contribution in [3.8, 4) is 0 Å². The van der Waals surface area contributed by atoms with Crippen LogP contribution in [0.25, 0.3) is 0 Å². The lowest BCUT2D eigenvalue weighted by Crippen LogP contribution is -2.47. The van der Waals surface area contributed by atoms with Gasteiger partial charge in [0, 0.05) is 32.2 Å². The highest BCUT2D eigenvalue weighted by atomic mass is 19.1. The van der Waals surface area contributed by atoms with Crippen LogP contribution in [0, 0.1) is 5.82 Å². The molecule has 1 aliphatic heterocycles. The van der Waals surface area contributed by atoms with E-state index in [1.54, 1.807) is 17.0 Å². The molecule has 1 saturated heterocycles. The molecule has 6 heteroatoms. The van der Waals surface area contributed by atoms with E-state index in [1.165, 1.54) is 31.4 Å². The van der Waals surface area contributed by atoms with E-state index in [-0.39, 0.29) is 24.2 Å². The standard InChI is InChI=1S/C20H28FN3O2/c21-17-7-4-6-16(14-17)15-19(25)23-10-5-11-24(13-12-23)20(26)22-18-8-2-1-3-9-18/h4,6-7,14,18H,1-3,5,8-13,15H2,(H,22,26). The van der Waals surface area contributed by atoms with Crippen molar-refractivity contribution in [1.29, 1.82) is 0 Å². The van der Waals surface area contributed by atoms with Crippen molar-refractivity contribution in [3.05, 3.63) is 35.6 Å². The lowest BCUT2D eigenvalue weighted by atomic mass is 9.96. The number of carbonyl (C=O) groups excluding carboxylic acids is 2. The molecule has 2 fully saturated rings. The molecule has 1 aliphatic carbocycles. The van der Waals surface area contributed by atoms with Crippen LogP contribution in [0.2, 0.25) is 0 Å². The van der Waals surface area contributed by atoms with E-state index in [0.29, 0.717) is 37.8 Å². The molecule has 1 saturated carbocycles. The molecule has 0 radical (unpaired) electrons. The number of carbonyl (C=O) groups is 2. The predicted molar refractivity (Wildman–Crippen MR) is 98.3 cm³/mol. The molecule has 3 rings (SSSR count). The fourth-order valence-corrected chi connectivity index (χ4v) is 3.82. The smallest absolute Gasteiger partial charge is 0.317 e. The normalized spacial score (nSPS) is 19.1. The molecule has 0 atom stereocenters. The van der Waals surface area contributed by atoms with Crippen LogP contribution in [-0.2, 0) is 11.2 Å². The van der Waals surface area contributed by atoms with Crippen LogP contribution in [0.3, 0.4) is 0 Å². The minimum Gasteiger partial charge on any atom is -0.341 e. The van der Waals surface area contributed by atoms with Crippen molar-refractivity contribution < 1.29 is 14.0 Å². The largest absolute Gasteiger partial charge is 0.341 e. The first-order chi connectivity index (χ1) is 12.6. The fraction of sp³-hybridized carbons (Fsp3) is 0.600. The SMILES string of the molecule is O=C(Cc1cccc(F)c1)N1CCCN(C(=O)NC2CCCCC2)CC1. The third-order valence-electron chi connectivity index (χ3n) is 5.31. The second kappa shape index (κ2) is 9.01. The molecule has 5 nitrogen and oxygen atoms in total. The summed E-state index contributed by atoms with van der Waals surface area (Å²) in [5.41, 5.74) is 0.686. The molecule has 1 N–H and O–H groups in total. The Labute approximate surface area is 154 Å². The highest BCUT2D eigenvalue weighted by Crippen LogP contribution is 2.18. The van der Waals surface area contributed by atoms with E-state index >= 15 is 0 Å². The summed E-state index contributed by atoms with van der Waals surface area (Å²) in [6.45, 7) is 2.39. The monoisotopic (exact) mass is 361 g/mol. The molecular weight excluding hydrogens is 333 g/mol. The Hall–Kier alpha value is -2.11. The summed E-state index contributed by atoms with van der Waals surface area (Å²) in [5.74, 6) is -0.332. The molecule has 2 aliphatic rings. The highest BCUT2D eigenvalue weighted by Gasteiger charge is 2.24. The Morgan fingerprint density at radius 3 is 2.50 bits per heavy atom. The zero-order chi connectivity index (χ0) is 18.4. The summed E-state index contributed by atoms with van der Waals surface area (Å²) in [4.78, 5) is 28.6. The molecule has 0 unspecified atom stereocenters. The summed E-state index contributed by atoms with van der Waals surface area (Å²) in [5, 5.41) is 3.15. The van der Waals surface area contributed by atoms with Gasteiger partial charge in [-0.15, -0.1) is 0 Å². The number of hydrogen-bond donors (Lipinski definition) is 1. The Balaban J connectivity index is 1.49. The van der Waals surface area contributed by atoms with Gasteiger partial charge in [0.1, 0.15) is 5.82 Å². The van der Waals surface area contributed by atoms with Gasteiger partial charge in [0.15, 0.2) is 0 Å². The molecule has 3 amide bonds. The van der Waals surface area contributed by atoms with E-state index in [0.717, 1.165) is 19.3 Å². The van der Waals surface area contributed by atoms with Gasteiger partial charge in [0.2, 0.25) is 5.91 Å². The zero-order valence-electron chi connectivity index (χ0n) is 15.3. The van der Waals surface area contributed by atoms with E-state index in [1.807, 2.05) is 4.90 Å². The van der Waals surface area contributed by atoms with Crippen molar-refractivity contribution in [3.63, 3.8) is 0 Å². The highest BCUT2D eigenvalue weighted by molar-refractivity contribution is 5.79. The topological polar surface area (TPSA) is 52.7 Å². The van der Waals surface area contributed by atoms with Crippen molar-refractivity contribution >= 4 is 11.9 Å². The quantitative estimate of drug-likeness (QED) is 0.900. The number of nitrogens with one attached hydrogen (secondary N) is 1. The van der Waals surface area contributed by atoms with Gasteiger partial charge >= 0.3 is 6.03 Å². The second-order valence-corrected chi connectivity index (χ2v) is 7.31. The minimum atomic E-state index is -0.322. The average molecular weight is 361 g/mol. The molecular formula is C20H28FN3O2. The van der Waals surface area contributed by atoms with Crippen molar-refractivity contribution in [2.24, 2.45) is 0 Å². The van der Waals surface area contributed by atoms with Crippen molar-refractivity contribution in [2.45, 2.75) is 51.0 Å². The number of rotatable bonds is 3. The Kier molecular flexibility index (Phi) is 6.47. The molecule has 0 spiro atoms. The maximum atomic E-state index is 13.3. The summed E-state index contributed by atoms with van der Waals surface area (Å²) in [7, 11) is 0. The van der Waals surface area contributed by atoms with E-state index < -0.39 is 0 Å². The van der Waals surface area contributed by atoms with Crippen molar-refractivity contribution in [1.82, 2.24) is 15.1 Å². The summed E-state index contributed by atoms with van der Waals surface area (Å²) >= 11 is 0. The summed E-state index contributed by atoms with van der Waals surface area (Å²) in [6.07, 6.45) is 6.74. The molecule has 1 heterocycles. The summed E-state index contributed by atoms with van der Waals surface area (Å²) in [6, 6.07) is 6.46. The van der Waals surface area contributed by atoms with Gasteiger partial charge in [0.25, 0.3) is 0 Å². The molecule has 142 valence electrons. The first-order valence-electron chi connectivity index (χ1n) is 9.69. The second-order valence-electron chi connectivity index (χ2n) is 7.31. The lowest BCUT2D eigenvalue weighted by Gasteiger charge is -2.27. The van der Waals surface area contributed by atoms with Crippen molar-refractivity contribution in [2.75, 3.05) is 26.2 Å². The van der Waals surface area contributed by atoms with E-state index in [2.05, 4.69) is 5.32 Å². The predicted octanol–water partition coefficient (Wildman–Crippen LogP) is 2.94. The third-order valence-corrected chi connectivity index (χ3v) is 5.31. The van der Waals surface area contributed by atoms with Crippen LogP contribution in [0.5, 0.6) is 0 Å². The van der Waals surface area contributed by atoms with Crippen LogP contribution < -0.4 is 5.32 Å². The van der Waals surface area contributed by atoms with Crippen LogP contribution in [0.15, 0.2) is 24.3 Å². The third kappa shape index (κ3) is 5.19. The Morgan fingerprint density at radius 2 is 1.73 bits per heavy atom. The Morgan fingerprint density at radius 1 is 1.00 bits per heavy atom. The van der Waals surface area contributed by atoms with Gasteiger partial charge < -0.3 is 15.1 Å². The maximum Gasteiger partial charge on any atom is 0.317 e. The van der Waals surface area contributed by atoms with Crippen LogP contribution in [0.4, 0.5) is 9.18 Å². The fourth-order valence-electron chi connectivity index (χ4n) is 3.82. The van der Waals surface area contributed by atoms with Gasteiger partial charge in [-0.2, -0.15) is 0 Å². The lowest BCUT2D eigenvalue weighted by molar-refractivity contribution is -0.130. The molecule has 0 bridgehead atoms. The number of halogens is 1. The molecule has 0 aromatic heterocycles. The van der Waals surface area contributed by atoms with Gasteiger partial charge in [-0.05, 0) is 37.0 Å². The number of benzene rings is 1. The van der Waals surface area contributed by atoms with E-state index in [9.17, 15) is 14.0 Å². The molecule has 26 heavy (non-hydrogen) atoms. The first-order valence-corrected chi connectivity index (χ1v) is 9.69. The van der Waals surface area contributed by atoms with Crippen LogP contribution >= 0.6 is 0 Å². The zero-order valence-corrected chi connectivity index (χ0v) is 15.3. The average Bonchev–Trinajstić information content (AvgIpc) is 2.89. The number of amides is 3. The first kappa shape index (κ1) is 18.7. The number of urea groups is 1. The van der Waals surface area contributed by atoms with Gasteiger partial charge in [-0.3, -0.25) is 4.79 Å².